The van der Waals surface area contributed by atoms with Gasteiger partial charge in [-0.15, -0.1) is 0 Å². The van der Waals surface area contributed by atoms with Crippen LogP contribution in [0.4, 0.5) is 17.6 Å². The van der Waals surface area contributed by atoms with Gasteiger partial charge in [0, 0.05) is 5.75 Å². The van der Waals surface area contributed by atoms with Crippen LogP contribution in [0.2, 0.25) is 0 Å². The molecule has 0 aromatic rings. The average Bonchev–Trinajstić information content (AvgIpc) is 2.10. The highest BCUT2D eigenvalue weighted by molar-refractivity contribution is 7.80. The first-order chi connectivity index (χ1) is 6.50. The van der Waals surface area contributed by atoms with Crippen LogP contribution in [-0.2, 0) is 9.47 Å². The van der Waals surface area contributed by atoms with Crippen molar-refractivity contribution in [3.8, 4) is 0 Å². The lowest BCUT2D eigenvalue weighted by Gasteiger charge is -2.14. The average molecular weight is 236 g/mol. The molecule has 0 unspecified atom stereocenters. The maximum Gasteiger partial charge on any atom is 0.330 e. The van der Waals surface area contributed by atoms with E-state index >= 15 is 0 Å². The van der Waals surface area contributed by atoms with Gasteiger partial charge in [-0.3, -0.25) is 0 Å². The van der Waals surface area contributed by atoms with Gasteiger partial charge in [0.2, 0.25) is 0 Å². The van der Waals surface area contributed by atoms with E-state index in [0.29, 0.717) is 12.4 Å². The first-order valence-electron chi connectivity index (χ1n) is 3.93. The fraction of sp³-hybridized carbons (Fsp3) is 1.00. The highest BCUT2D eigenvalue weighted by atomic mass is 32.1. The monoisotopic (exact) mass is 236 g/mol. The van der Waals surface area contributed by atoms with Crippen molar-refractivity contribution in [1.29, 1.82) is 0 Å². The van der Waals surface area contributed by atoms with Gasteiger partial charge in [0.15, 0.2) is 0 Å². The van der Waals surface area contributed by atoms with E-state index in [0.717, 1.165) is 0 Å². The normalized spacial score (nSPS) is 12.4. The summed E-state index contributed by atoms with van der Waals surface area (Å²) in [5.41, 5.74) is 0. The van der Waals surface area contributed by atoms with Crippen molar-refractivity contribution in [3.63, 3.8) is 0 Å². The predicted octanol–water partition coefficient (Wildman–Crippen LogP) is 1.85. The second kappa shape index (κ2) is 7.30. The van der Waals surface area contributed by atoms with Gasteiger partial charge in [-0.2, -0.15) is 21.4 Å². The molecule has 0 aromatic heterocycles. The maximum atomic E-state index is 12.2. The Morgan fingerprint density at radius 1 is 1.07 bits per heavy atom. The van der Waals surface area contributed by atoms with E-state index in [4.69, 9.17) is 4.74 Å². The predicted molar refractivity (Wildman–Crippen MR) is 46.4 cm³/mol. The zero-order valence-electron chi connectivity index (χ0n) is 7.39. The Morgan fingerprint density at radius 3 is 2.14 bits per heavy atom. The highest BCUT2D eigenvalue weighted by Gasteiger charge is 2.40. The lowest BCUT2D eigenvalue weighted by molar-refractivity contribution is -0.168. The van der Waals surface area contributed by atoms with Crippen LogP contribution >= 0.6 is 12.6 Å². The zero-order valence-corrected chi connectivity index (χ0v) is 8.28. The van der Waals surface area contributed by atoms with Crippen LogP contribution in [0.25, 0.3) is 0 Å². The summed E-state index contributed by atoms with van der Waals surface area (Å²) in [6.07, 6.45) is -3.69. The van der Waals surface area contributed by atoms with Gasteiger partial charge in [-0.25, -0.2) is 8.78 Å². The minimum atomic E-state index is -4.08. The fourth-order valence-electron chi connectivity index (χ4n) is 0.556. The van der Waals surface area contributed by atoms with Gasteiger partial charge < -0.3 is 9.47 Å². The number of rotatable bonds is 8. The summed E-state index contributed by atoms with van der Waals surface area (Å²) < 4.78 is 56.7. The SMILES string of the molecule is FC(F)C(F)(F)COCCOCCS. The molecule has 7 heteroatoms. The third-order valence-electron chi connectivity index (χ3n) is 1.22. The molecule has 0 saturated carbocycles. The number of halogens is 4. The molecule has 0 bridgehead atoms. The van der Waals surface area contributed by atoms with Crippen LogP contribution < -0.4 is 0 Å². The molecule has 0 aliphatic carbocycles. The van der Waals surface area contributed by atoms with Crippen LogP contribution in [0.5, 0.6) is 0 Å². The van der Waals surface area contributed by atoms with Gasteiger partial charge in [0.25, 0.3) is 0 Å². The molecule has 2 nitrogen and oxygen atoms in total. The molecule has 0 radical (unpaired) electrons. The summed E-state index contributed by atoms with van der Waals surface area (Å²) in [5, 5.41) is 0. The third-order valence-corrected chi connectivity index (χ3v) is 1.40. The second-order valence-electron chi connectivity index (χ2n) is 2.45. The van der Waals surface area contributed by atoms with E-state index in [1.165, 1.54) is 0 Å². The van der Waals surface area contributed by atoms with Gasteiger partial charge in [0.05, 0.1) is 19.8 Å². The Bertz CT molecular complexity index is 146. The molecule has 0 heterocycles. The molecular formula is C7H12F4O2S. The van der Waals surface area contributed by atoms with Crippen LogP contribution in [0.3, 0.4) is 0 Å². The van der Waals surface area contributed by atoms with Crippen molar-refractivity contribution in [2.75, 3.05) is 32.2 Å². The summed E-state index contributed by atoms with van der Waals surface area (Å²) >= 11 is 3.83. The lowest BCUT2D eigenvalue weighted by atomic mass is 10.4. The van der Waals surface area contributed by atoms with E-state index in [-0.39, 0.29) is 13.2 Å². The van der Waals surface area contributed by atoms with Crippen LogP contribution in [0.15, 0.2) is 0 Å². The molecule has 0 rings (SSSR count). The molecule has 0 amide bonds. The quantitative estimate of drug-likeness (QED) is 0.394. The first kappa shape index (κ1) is 14.0. The molecule has 0 N–H and O–H groups in total. The summed E-state index contributed by atoms with van der Waals surface area (Å²) in [6, 6.07) is 0. The Morgan fingerprint density at radius 2 is 1.64 bits per heavy atom. The van der Waals surface area contributed by atoms with Crippen LogP contribution in [-0.4, -0.2) is 44.5 Å². The summed E-state index contributed by atoms with van der Waals surface area (Å²) in [5.74, 6) is -3.57. The van der Waals surface area contributed by atoms with Gasteiger partial charge in [0.1, 0.15) is 6.61 Å². The smallest absolute Gasteiger partial charge is 0.330 e. The number of hydrogen-bond donors (Lipinski definition) is 1. The van der Waals surface area contributed by atoms with E-state index in [9.17, 15) is 17.6 Å². The zero-order chi connectivity index (χ0) is 11.0. The summed E-state index contributed by atoms with van der Waals surface area (Å²) in [7, 11) is 0. The van der Waals surface area contributed by atoms with Crippen molar-refractivity contribution in [2.24, 2.45) is 0 Å². The summed E-state index contributed by atoms with van der Waals surface area (Å²) in [4.78, 5) is 0. The lowest BCUT2D eigenvalue weighted by Crippen LogP contribution is -2.32. The van der Waals surface area contributed by atoms with Crippen molar-refractivity contribution >= 4 is 12.6 Å². The standard InChI is InChI=1S/C7H12F4O2S/c8-6(9)7(10,11)5-13-2-1-12-3-4-14/h6,14H,1-5H2. The number of hydrogen-bond acceptors (Lipinski definition) is 3. The van der Waals surface area contributed by atoms with Gasteiger partial charge >= 0.3 is 12.3 Å². The minimum absolute atomic E-state index is 0.0971. The fourth-order valence-corrected chi connectivity index (χ4v) is 0.685. The highest BCUT2D eigenvalue weighted by Crippen LogP contribution is 2.22. The molecule has 14 heavy (non-hydrogen) atoms. The first-order valence-corrected chi connectivity index (χ1v) is 4.56. The Labute approximate surface area is 85.0 Å². The molecule has 0 fully saturated rings. The molecule has 0 aliphatic rings. The molecular weight excluding hydrogens is 224 g/mol. The van der Waals surface area contributed by atoms with Crippen molar-refractivity contribution in [3.05, 3.63) is 0 Å². The largest absolute Gasteiger partial charge is 0.378 e. The van der Waals surface area contributed by atoms with Crippen LogP contribution in [0, 0.1) is 0 Å². The Kier molecular flexibility index (Phi) is 7.30. The van der Waals surface area contributed by atoms with E-state index < -0.39 is 19.0 Å². The topological polar surface area (TPSA) is 18.5 Å². The molecule has 0 spiro atoms. The number of thiol groups is 1. The molecule has 86 valence electrons. The van der Waals surface area contributed by atoms with Crippen molar-refractivity contribution in [1.82, 2.24) is 0 Å². The molecule has 0 atom stereocenters. The van der Waals surface area contributed by atoms with Crippen molar-refractivity contribution < 1.29 is 27.0 Å². The minimum Gasteiger partial charge on any atom is -0.378 e. The van der Waals surface area contributed by atoms with E-state index in [2.05, 4.69) is 17.4 Å². The summed E-state index contributed by atoms with van der Waals surface area (Å²) in [6.45, 7) is -0.942. The Hall–Kier alpha value is -0.0100. The molecule has 0 aromatic carbocycles. The van der Waals surface area contributed by atoms with E-state index in [1.54, 1.807) is 0 Å². The Balaban J connectivity index is 3.35. The molecule has 0 aliphatic heterocycles. The third kappa shape index (κ3) is 6.44. The molecule has 0 saturated heterocycles. The number of ether oxygens (including phenoxy) is 2. The van der Waals surface area contributed by atoms with Crippen molar-refractivity contribution in [2.45, 2.75) is 12.3 Å². The number of alkyl halides is 4. The second-order valence-corrected chi connectivity index (χ2v) is 2.90. The van der Waals surface area contributed by atoms with Crippen LogP contribution in [0.1, 0.15) is 0 Å². The maximum absolute atomic E-state index is 12.2. The van der Waals surface area contributed by atoms with Gasteiger partial charge in [-0.1, -0.05) is 0 Å². The van der Waals surface area contributed by atoms with E-state index in [1.807, 2.05) is 0 Å². The van der Waals surface area contributed by atoms with Gasteiger partial charge in [-0.05, 0) is 0 Å².